The first kappa shape index (κ1) is 9.64. The highest BCUT2D eigenvalue weighted by Crippen LogP contribution is 2.12. The fourth-order valence-corrected chi connectivity index (χ4v) is 1.29. The minimum Gasteiger partial charge on any atom is -0.481 e. The molecule has 5 heteroatoms. The van der Waals surface area contributed by atoms with Crippen LogP contribution in [0.2, 0.25) is 0 Å². The summed E-state index contributed by atoms with van der Waals surface area (Å²) in [6.07, 6.45) is 1.77. The molecule has 0 spiro atoms. The fraction of sp³-hybridized carbons (Fsp3) is 0.300. The van der Waals surface area contributed by atoms with Crippen LogP contribution in [0, 0.1) is 6.92 Å². The Morgan fingerprint density at radius 1 is 1.60 bits per heavy atom. The maximum absolute atomic E-state index is 10.8. The van der Waals surface area contributed by atoms with E-state index in [4.69, 9.17) is 5.11 Å². The van der Waals surface area contributed by atoms with Gasteiger partial charge in [-0.05, 0) is 31.5 Å². The second-order valence-electron chi connectivity index (χ2n) is 3.54. The minimum atomic E-state index is -0.914. The van der Waals surface area contributed by atoms with Crippen molar-refractivity contribution in [3.8, 4) is 0 Å². The predicted octanol–water partition coefficient (Wildman–Crippen LogP) is 1.23. The third-order valence-electron chi connectivity index (χ3n) is 2.27. The summed E-state index contributed by atoms with van der Waals surface area (Å²) >= 11 is 0. The highest BCUT2D eigenvalue weighted by atomic mass is 16.4. The number of carbonyl (C=O) groups is 1. The molecule has 0 aromatic carbocycles. The van der Waals surface area contributed by atoms with Crippen LogP contribution >= 0.6 is 0 Å². The largest absolute Gasteiger partial charge is 0.481 e. The lowest BCUT2D eigenvalue weighted by Crippen LogP contribution is -2.09. The Labute approximate surface area is 86.4 Å². The van der Waals surface area contributed by atoms with E-state index in [0.29, 0.717) is 11.5 Å². The van der Waals surface area contributed by atoms with Crippen LogP contribution in [-0.2, 0) is 4.79 Å². The first-order valence-corrected chi connectivity index (χ1v) is 4.63. The zero-order valence-corrected chi connectivity index (χ0v) is 8.51. The van der Waals surface area contributed by atoms with E-state index in [0.717, 1.165) is 5.56 Å². The summed E-state index contributed by atoms with van der Waals surface area (Å²) in [5, 5.41) is 12.9. The van der Waals surface area contributed by atoms with E-state index >= 15 is 0 Å². The minimum absolute atomic E-state index is 0.341. The molecule has 0 radical (unpaired) electrons. The number of aryl methyl sites for hydroxylation is 1. The lowest BCUT2D eigenvalue weighted by atomic mass is 10.2. The molecule has 2 aromatic rings. The van der Waals surface area contributed by atoms with Crippen LogP contribution in [0.25, 0.3) is 5.65 Å². The summed E-state index contributed by atoms with van der Waals surface area (Å²) in [6.45, 7) is 3.53. The van der Waals surface area contributed by atoms with E-state index in [1.165, 1.54) is 0 Å². The predicted molar refractivity (Wildman–Crippen MR) is 53.8 cm³/mol. The summed E-state index contributed by atoms with van der Waals surface area (Å²) in [5.41, 5.74) is 1.75. The SMILES string of the molecule is Cc1ccn2nc(C(C)C(=O)O)nc2c1. The number of carboxylic acid groups (broad SMARTS) is 1. The molecule has 2 rings (SSSR count). The average Bonchev–Trinajstić information content (AvgIpc) is 2.58. The van der Waals surface area contributed by atoms with Crippen LogP contribution in [0.4, 0.5) is 0 Å². The zero-order chi connectivity index (χ0) is 11.0. The van der Waals surface area contributed by atoms with Crippen molar-refractivity contribution in [2.24, 2.45) is 0 Å². The highest BCUT2D eigenvalue weighted by molar-refractivity contribution is 5.74. The van der Waals surface area contributed by atoms with Crippen LogP contribution in [0.15, 0.2) is 18.3 Å². The molecule has 5 nitrogen and oxygen atoms in total. The lowest BCUT2D eigenvalue weighted by molar-refractivity contribution is -0.138. The van der Waals surface area contributed by atoms with Crippen molar-refractivity contribution < 1.29 is 9.90 Å². The maximum Gasteiger partial charge on any atom is 0.314 e. The van der Waals surface area contributed by atoms with Crippen molar-refractivity contribution >= 4 is 11.6 Å². The number of fused-ring (bicyclic) bond motifs is 1. The average molecular weight is 205 g/mol. The standard InChI is InChI=1S/C10H11N3O2/c1-6-3-4-13-8(5-6)11-9(12-13)7(2)10(14)15/h3-5,7H,1-2H3,(H,14,15). The summed E-state index contributed by atoms with van der Waals surface area (Å²) < 4.78 is 1.59. The molecule has 0 saturated heterocycles. The van der Waals surface area contributed by atoms with Crippen molar-refractivity contribution in [3.63, 3.8) is 0 Å². The van der Waals surface area contributed by atoms with Gasteiger partial charge in [0.05, 0.1) is 0 Å². The van der Waals surface area contributed by atoms with Gasteiger partial charge in [-0.1, -0.05) is 0 Å². The molecule has 0 bridgehead atoms. The van der Waals surface area contributed by atoms with Gasteiger partial charge in [0.1, 0.15) is 5.92 Å². The first-order chi connectivity index (χ1) is 7.08. The van der Waals surface area contributed by atoms with Gasteiger partial charge in [0, 0.05) is 6.20 Å². The Hall–Kier alpha value is -1.91. The summed E-state index contributed by atoms with van der Waals surface area (Å²) in [5.74, 6) is -1.25. The molecule has 0 aliphatic carbocycles. The van der Waals surface area contributed by atoms with Gasteiger partial charge in [0.25, 0.3) is 0 Å². The molecule has 0 aliphatic rings. The quantitative estimate of drug-likeness (QED) is 0.800. The number of carboxylic acids is 1. The third kappa shape index (κ3) is 1.68. The van der Waals surface area contributed by atoms with E-state index in [1.54, 1.807) is 17.6 Å². The molecule has 0 aliphatic heterocycles. The molecule has 78 valence electrons. The van der Waals surface area contributed by atoms with Gasteiger partial charge >= 0.3 is 5.97 Å². The molecule has 2 aromatic heterocycles. The molecule has 1 unspecified atom stereocenters. The Balaban J connectivity index is 2.51. The van der Waals surface area contributed by atoms with E-state index < -0.39 is 11.9 Å². The van der Waals surface area contributed by atoms with Gasteiger partial charge < -0.3 is 5.11 Å². The molecule has 15 heavy (non-hydrogen) atoms. The number of nitrogens with zero attached hydrogens (tertiary/aromatic N) is 3. The molecular formula is C10H11N3O2. The van der Waals surface area contributed by atoms with Gasteiger partial charge in [-0.2, -0.15) is 5.10 Å². The topological polar surface area (TPSA) is 67.5 Å². The summed E-state index contributed by atoms with van der Waals surface area (Å²) in [7, 11) is 0. The Morgan fingerprint density at radius 3 is 3.00 bits per heavy atom. The molecule has 0 saturated carbocycles. The highest BCUT2D eigenvalue weighted by Gasteiger charge is 2.18. The van der Waals surface area contributed by atoms with Crippen molar-refractivity contribution in [1.29, 1.82) is 0 Å². The van der Waals surface area contributed by atoms with Crippen LogP contribution in [0.3, 0.4) is 0 Å². The van der Waals surface area contributed by atoms with E-state index in [9.17, 15) is 4.79 Å². The van der Waals surface area contributed by atoms with Gasteiger partial charge in [0.15, 0.2) is 11.5 Å². The molecule has 2 heterocycles. The maximum atomic E-state index is 10.8. The number of hydrogen-bond acceptors (Lipinski definition) is 3. The molecular weight excluding hydrogens is 194 g/mol. The third-order valence-corrected chi connectivity index (χ3v) is 2.27. The summed E-state index contributed by atoms with van der Waals surface area (Å²) in [4.78, 5) is 14.9. The van der Waals surface area contributed by atoms with E-state index in [2.05, 4.69) is 10.1 Å². The summed E-state index contributed by atoms with van der Waals surface area (Å²) in [6, 6.07) is 3.77. The van der Waals surface area contributed by atoms with Crippen molar-refractivity contribution in [1.82, 2.24) is 14.6 Å². The lowest BCUT2D eigenvalue weighted by Gasteiger charge is -1.97. The molecule has 0 amide bonds. The van der Waals surface area contributed by atoms with Gasteiger partial charge in [-0.15, -0.1) is 0 Å². The number of aromatic nitrogens is 3. The van der Waals surface area contributed by atoms with Crippen molar-refractivity contribution in [3.05, 3.63) is 29.7 Å². The van der Waals surface area contributed by atoms with E-state index in [1.807, 2.05) is 19.1 Å². The van der Waals surface area contributed by atoms with Crippen molar-refractivity contribution in [2.75, 3.05) is 0 Å². The smallest absolute Gasteiger partial charge is 0.314 e. The first-order valence-electron chi connectivity index (χ1n) is 4.63. The van der Waals surface area contributed by atoms with Gasteiger partial charge in [-0.3, -0.25) is 4.79 Å². The molecule has 1 atom stereocenters. The van der Waals surface area contributed by atoms with Crippen LogP contribution in [0.5, 0.6) is 0 Å². The Kier molecular flexibility index (Phi) is 2.15. The van der Waals surface area contributed by atoms with Crippen LogP contribution < -0.4 is 0 Å². The van der Waals surface area contributed by atoms with Gasteiger partial charge in [-0.25, -0.2) is 9.50 Å². The Morgan fingerprint density at radius 2 is 2.33 bits per heavy atom. The zero-order valence-electron chi connectivity index (χ0n) is 8.51. The van der Waals surface area contributed by atoms with Gasteiger partial charge in [0.2, 0.25) is 0 Å². The number of pyridine rings is 1. The monoisotopic (exact) mass is 205 g/mol. The van der Waals surface area contributed by atoms with Crippen LogP contribution in [-0.4, -0.2) is 25.7 Å². The normalized spacial score (nSPS) is 12.9. The Bertz CT molecular complexity index is 518. The van der Waals surface area contributed by atoms with E-state index in [-0.39, 0.29) is 0 Å². The number of rotatable bonds is 2. The number of hydrogen-bond donors (Lipinski definition) is 1. The second-order valence-corrected chi connectivity index (χ2v) is 3.54. The van der Waals surface area contributed by atoms with Crippen LogP contribution in [0.1, 0.15) is 24.2 Å². The molecule has 0 fully saturated rings. The van der Waals surface area contributed by atoms with Crippen molar-refractivity contribution in [2.45, 2.75) is 19.8 Å². The fourth-order valence-electron chi connectivity index (χ4n) is 1.29. The number of aliphatic carboxylic acids is 1. The second kappa shape index (κ2) is 3.34. The molecule has 1 N–H and O–H groups in total.